The molecule has 9 heteroatoms. The van der Waals surface area contributed by atoms with E-state index in [1.807, 2.05) is 35.2 Å². The lowest BCUT2D eigenvalue weighted by molar-refractivity contribution is 0.0703. The first-order chi connectivity index (χ1) is 17.1. The molecule has 1 saturated heterocycles. The number of aromatic amines is 1. The molecule has 0 radical (unpaired) electrons. The smallest absolute Gasteiger partial charge is 0.327 e. The molecule has 2 aliphatic heterocycles. The van der Waals surface area contributed by atoms with Crippen LogP contribution in [-0.4, -0.2) is 53.2 Å². The lowest BCUT2D eigenvalue weighted by atomic mass is 9.96. The largest absolute Gasteiger partial charge is 0.338 e. The predicted octanol–water partition coefficient (Wildman–Crippen LogP) is 3.27. The van der Waals surface area contributed by atoms with Crippen molar-refractivity contribution in [1.82, 2.24) is 34.2 Å². The van der Waals surface area contributed by atoms with Gasteiger partial charge in [-0.2, -0.15) is 0 Å². The minimum absolute atomic E-state index is 0.0373. The average molecular weight is 472 g/mol. The number of H-pyrrole nitrogens is 1. The summed E-state index contributed by atoms with van der Waals surface area (Å²) in [5, 5.41) is 9.03. The molecule has 3 aromatic heterocycles. The Morgan fingerprint density at radius 3 is 2.89 bits per heavy atom. The minimum atomic E-state index is -0.196. The summed E-state index contributed by atoms with van der Waals surface area (Å²) >= 11 is 0. The van der Waals surface area contributed by atoms with E-state index in [4.69, 9.17) is 0 Å². The number of likely N-dealkylation sites (tertiary alicyclic amines) is 1. The molecular formula is C26H29N7O2. The third kappa shape index (κ3) is 3.94. The molecule has 1 amide bonds. The van der Waals surface area contributed by atoms with Gasteiger partial charge in [0.05, 0.1) is 5.52 Å². The number of aryl methyl sites for hydroxylation is 2. The zero-order valence-electron chi connectivity index (χ0n) is 19.9. The topological polar surface area (TPSA) is 102 Å². The number of pyridine rings is 1. The van der Waals surface area contributed by atoms with Gasteiger partial charge in [-0.15, -0.1) is 10.2 Å². The number of rotatable bonds is 3. The number of fused-ring (bicyclic) bond motifs is 2. The van der Waals surface area contributed by atoms with Crippen molar-refractivity contribution >= 4 is 17.1 Å². The number of nitrogens with zero attached hydrogens (tertiary/aromatic N) is 6. The normalized spacial score (nSPS) is 18.4. The maximum Gasteiger partial charge on any atom is 0.327 e. The van der Waals surface area contributed by atoms with Gasteiger partial charge in [-0.1, -0.05) is 18.6 Å². The van der Waals surface area contributed by atoms with Crippen LogP contribution in [0.15, 0.2) is 41.3 Å². The fourth-order valence-electron chi connectivity index (χ4n) is 5.45. The zero-order chi connectivity index (χ0) is 23.9. The van der Waals surface area contributed by atoms with E-state index in [9.17, 15) is 9.59 Å². The van der Waals surface area contributed by atoms with Crippen LogP contribution in [0, 0.1) is 0 Å². The van der Waals surface area contributed by atoms with Crippen LogP contribution in [0.4, 0.5) is 0 Å². The van der Waals surface area contributed by atoms with Crippen molar-refractivity contribution in [2.75, 3.05) is 13.1 Å². The number of aromatic nitrogens is 6. The summed E-state index contributed by atoms with van der Waals surface area (Å²) in [6.45, 7) is 2.40. The summed E-state index contributed by atoms with van der Waals surface area (Å²) in [5.74, 6) is 2.40. The molecule has 5 heterocycles. The van der Waals surface area contributed by atoms with Crippen LogP contribution in [0.5, 0.6) is 0 Å². The second-order valence-corrected chi connectivity index (χ2v) is 9.69. The third-order valence-electron chi connectivity index (χ3n) is 7.41. The summed E-state index contributed by atoms with van der Waals surface area (Å²) in [5.41, 5.74) is 3.51. The molecule has 0 spiro atoms. The zero-order valence-corrected chi connectivity index (χ0v) is 19.9. The highest BCUT2D eigenvalue weighted by Gasteiger charge is 2.30. The van der Waals surface area contributed by atoms with Crippen molar-refractivity contribution in [3.05, 3.63) is 64.2 Å². The van der Waals surface area contributed by atoms with Crippen molar-refractivity contribution in [2.45, 2.75) is 51.0 Å². The standard InChI is InChI=1S/C26H29N7O2/c1-31-21-14-20(15-27-23(21)28-26(31)35)17-7-5-8-18(13-17)25(34)32-11-6-9-19(16-32)24-30-29-22-10-3-2-4-12-33(22)24/h5,7-8,13-15,19H,2-4,6,9-12,16H2,1H3,(H,27,28,35). The van der Waals surface area contributed by atoms with Crippen molar-refractivity contribution in [1.29, 1.82) is 0 Å². The number of nitrogens with one attached hydrogen (secondary N) is 1. The van der Waals surface area contributed by atoms with Gasteiger partial charge in [0.1, 0.15) is 11.6 Å². The van der Waals surface area contributed by atoms with Gasteiger partial charge in [-0.3, -0.25) is 14.3 Å². The number of hydrogen-bond donors (Lipinski definition) is 1. The lowest BCUT2D eigenvalue weighted by Gasteiger charge is -2.32. The fraction of sp³-hybridized carbons (Fsp3) is 0.423. The van der Waals surface area contributed by atoms with Crippen molar-refractivity contribution in [3.8, 4) is 11.1 Å². The van der Waals surface area contributed by atoms with E-state index in [-0.39, 0.29) is 17.5 Å². The van der Waals surface area contributed by atoms with E-state index in [1.54, 1.807) is 17.8 Å². The van der Waals surface area contributed by atoms with Gasteiger partial charge in [0.2, 0.25) is 0 Å². The van der Waals surface area contributed by atoms with Crippen molar-refractivity contribution < 1.29 is 4.79 Å². The van der Waals surface area contributed by atoms with E-state index in [2.05, 4.69) is 24.7 Å². The van der Waals surface area contributed by atoms with Gasteiger partial charge in [0, 0.05) is 56.3 Å². The van der Waals surface area contributed by atoms with E-state index < -0.39 is 0 Å². The first-order valence-corrected chi connectivity index (χ1v) is 12.4. The molecule has 1 unspecified atom stereocenters. The van der Waals surface area contributed by atoms with Crippen LogP contribution in [-0.2, 0) is 20.0 Å². The number of carbonyl (C=O) groups is 1. The van der Waals surface area contributed by atoms with Crippen LogP contribution in [0.3, 0.4) is 0 Å². The summed E-state index contributed by atoms with van der Waals surface area (Å²) < 4.78 is 3.85. The number of imidazole rings is 1. The van der Waals surface area contributed by atoms with Gasteiger partial charge in [0.25, 0.3) is 5.91 Å². The Morgan fingerprint density at radius 1 is 1.06 bits per heavy atom. The second-order valence-electron chi connectivity index (χ2n) is 9.69. The Hall–Kier alpha value is -3.75. The Morgan fingerprint density at radius 2 is 1.97 bits per heavy atom. The van der Waals surface area contributed by atoms with Crippen LogP contribution < -0.4 is 5.69 Å². The highest BCUT2D eigenvalue weighted by molar-refractivity contribution is 5.95. The highest BCUT2D eigenvalue weighted by atomic mass is 16.2. The summed E-state index contributed by atoms with van der Waals surface area (Å²) in [4.78, 5) is 34.5. The quantitative estimate of drug-likeness (QED) is 0.494. The Labute approximate surface area is 202 Å². The molecule has 1 aromatic carbocycles. The van der Waals surface area contributed by atoms with Crippen LogP contribution in [0.2, 0.25) is 0 Å². The molecule has 0 bridgehead atoms. The van der Waals surface area contributed by atoms with E-state index >= 15 is 0 Å². The molecular weight excluding hydrogens is 442 g/mol. The summed E-state index contributed by atoms with van der Waals surface area (Å²) in [6.07, 6.45) is 8.29. The molecule has 35 heavy (non-hydrogen) atoms. The van der Waals surface area contributed by atoms with Crippen LogP contribution in [0.1, 0.15) is 60.0 Å². The first-order valence-electron chi connectivity index (χ1n) is 12.4. The van der Waals surface area contributed by atoms with Gasteiger partial charge in [-0.25, -0.2) is 9.78 Å². The first kappa shape index (κ1) is 21.8. The minimum Gasteiger partial charge on any atom is -0.338 e. The van der Waals surface area contributed by atoms with Gasteiger partial charge < -0.3 is 9.47 Å². The summed E-state index contributed by atoms with van der Waals surface area (Å²) in [7, 11) is 1.72. The Balaban J connectivity index is 1.25. The molecule has 0 saturated carbocycles. The number of piperidine rings is 1. The van der Waals surface area contributed by atoms with Crippen LogP contribution in [0.25, 0.3) is 22.3 Å². The van der Waals surface area contributed by atoms with Gasteiger partial charge in [0.15, 0.2) is 5.65 Å². The lowest BCUT2D eigenvalue weighted by Crippen LogP contribution is -2.39. The molecule has 180 valence electrons. The van der Waals surface area contributed by atoms with E-state index in [0.717, 1.165) is 67.1 Å². The van der Waals surface area contributed by atoms with Gasteiger partial charge in [-0.05, 0) is 49.4 Å². The monoisotopic (exact) mass is 471 g/mol. The van der Waals surface area contributed by atoms with Crippen molar-refractivity contribution in [3.63, 3.8) is 0 Å². The summed E-state index contributed by atoms with van der Waals surface area (Å²) in [6, 6.07) is 9.59. The molecule has 4 aromatic rings. The molecule has 0 aliphatic carbocycles. The maximum atomic E-state index is 13.5. The number of amides is 1. The Kier molecular flexibility index (Phi) is 5.47. The number of benzene rings is 1. The van der Waals surface area contributed by atoms with E-state index in [0.29, 0.717) is 17.8 Å². The molecule has 6 rings (SSSR count). The van der Waals surface area contributed by atoms with Crippen molar-refractivity contribution in [2.24, 2.45) is 7.05 Å². The second kappa shape index (κ2) is 8.79. The molecule has 2 aliphatic rings. The molecule has 1 atom stereocenters. The fourth-order valence-corrected chi connectivity index (χ4v) is 5.45. The van der Waals surface area contributed by atoms with E-state index in [1.165, 1.54) is 12.8 Å². The number of hydrogen-bond acceptors (Lipinski definition) is 5. The predicted molar refractivity (Wildman–Crippen MR) is 132 cm³/mol. The van der Waals surface area contributed by atoms with Crippen LogP contribution >= 0.6 is 0 Å². The average Bonchev–Trinajstić information content (AvgIpc) is 3.33. The SMILES string of the molecule is Cn1c(=O)[nH]c2ncc(-c3cccc(C(=O)N4CCCC(c5nnc6n5CCCCC6)C4)c3)cc21. The maximum absolute atomic E-state index is 13.5. The molecule has 1 N–H and O–H groups in total. The third-order valence-corrected chi connectivity index (χ3v) is 7.41. The molecule has 9 nitrogen and oxygen atoms in total. The number of carbonyl (C=O) groups excluding carboxylic acids is 1. The van der Waals surface area contributed by atoms with Gasteiger partial charge >= 0.3 is 5.69 Å². The Bertz CT molecular complexity index is 1460. The highest BCUT2D eigenvalue weighted by Crippen LogP contribution is 2.29. The molecule has 1 fully saturated rings.